The van der Waals surface area contributed by atoms with Crippen molar-refractivity contribution >= 4 is 31.9 Å². The van der Waals surface area contributed by atoms with Gasteiger partial charge in [0.1, 0.15) is 0 Å². The molecule has 1 aliphatic rings. The third-order valence-corrected chi connectivity index (χ3v) is 6.76. The van der Waals surface area contributed by atoms with Crippen LogP contribution >= 0.6 is 15.9 Å². The number of primary sulfonamides is 1. The summed E-state index contributed by atoms with van der Waals surface area (Å²) in [6.07, 6.45) is 0.830. The van der Waals surface area contributed by atoms with E-state index in [4.69, 9.17) is 5.14 Å². The monoisotopic (exact) mass is 494 g/mol. The van der Waals surface area contributed by atoms with Gasteiger partial charge in [0.05, 0.1) is 10.5 Å². The number of benzene rings is 2. The molecule has 0 aromatic heterocycles. The Morgan fingerprint density at radius 2 is 1.70 bits per heavy atom. The lowest BCUT2D eigenvalue weighted by Crippen LogP contribution is -2.46. The second kappa shape index (κ2) is 10.5. The van der Waals surface area contributed by atoms with Crippen LogP contribution in [-0.4, -0.2) is 63.4 Å². The van der Waals surface area contributed by atoms with Gasteiger partial charge in [-0.25, -0.2) is 13.6 Å². The molecule has 0 saturated carbocycles. The number of halogens is 1. The minimum Gasteiger partial charge on any atom is -0.352 e. The van der Waals surface area contributed by atoms with E-state index in [-0.39, 0.29) is 16.4 Å². The van der Waals surface area contributed by atoms with E-state index in [2.05, 4.69) is 55.3 Å². The van der Waals surface area contributed by atoms with Crippen molar-refractivity contribution in [3.63, 3.8) is 0 Å². The average molecular weight is 495 g/mol. The zero-order chi connectivity index (χ0) is 21.6. The Balaban J connectivity index is 1.39. The molecule has 0 spiro atoms. The number of hydrogen-bond donors (Lipinski definition) is 2. The number of carbonyl (C=O) groups is 1. The zero-order valence-corrected chi connectivity index (χ0v) is 19.2. The van der Waals surface area contributed by atoms with Gasteiger partial charge < -0.3 is 10.2 Å². The van der Waals surface area contributed by atoms with Crippen LogP contribution in [0, 0.1) is 0 Å². The molecule has 0 bridgehead atoms. The summed E-state index contributed by atoms with van der Waals surface area (Å²) < 4.78 is 23.5. The minimum absolute atomic E-state index is 0.0794. The number of amides is 1. The predicted octanol–water partition coefficient (Wildman–Crippen LogP) is 2.03. The van der Waals surface area contributed by atoms with Crippen LogP contribution in [0.5, 0.6) is 0 Å². The first-order valence-corrected chi connectivity index (χ1v) is 12.3. The molecule has 7 nitrogen and oxygen atoms in total. The molecule has 0 atom stereocenters. The molecule has 0 radical (unpaired) electrons. The van der Waals surface area contributed by atoms with Gasteiger partial charge in [-0.1, -0.05) is 30.3 Å². The molecule has 0 aliphatic carbocycles. The van der Waals surface area contributed by atoms with Crippen molar-refractivity contribution in [3.8, 4) is 0 Å². The number of hydrogen-bond acceptors (Lipinski definition) is 5. The van der Waals surface area contributed by atoms with Crippen molar-refractivity contribution in [1.29, 1.82) is 0 Å². The lowest BCUT2D eigenvalue weighted by molar-refractivity contribution is 0.0946. The maximum absolute atomic E-state index is 12.4. The van der Waals surface area contributed by atoms with Crippen molar-refractivity contribution < 1.29 is 13.2 Å². The summed E-state index contributed by atoms with van der Waals surface area (Å²) in [7, 11) is -3.85. The molecule has 1 fully saturated rings. The summed E-state index contributed by atoms with van der Waals surface area (Å²) in [5.74, 6) is -0.319. The standard InChI is InChI=1S/C21H27BrN4O3S/c22-20-8-7-18(30(23,28)29)15-19(20)21(27)24-9-4-10-25-11-13-26(14-12-25)16-17-5-2-1-3-6-17/h1-3,5-8,15H,4,9-14,16H2,(H,24,27)(H2,23,28,29). The van der Waals surface area contributed by atoms with E-state index in [1.54, 1.807) is 0 Å². The van der Waals surface area contributed by atoms with Gasteiger partial charge in [0.25, 0.3) is 5.91 Å². The van der Waals surface area contributed by atoms with Crippen LogP contribution in [0.15, 0.2) is 57.9 Å². The van der Waals surface area contributed by atoms with Crippen LogP contribution in [0.2, 0.25) is 0 Å². The summed E-state index contributed by atoms with van der Waals surface area (Å²) in [5, 5.41) is 8.01. The van der Waals surface area contributed by atoms with Gasteiger partial charge in [-0.15, -0.1) is 0 Å². The van der Waals surface area contributed by atoms with E-state index in [1.165, 1.54) is 23.8 Å². The van der Waals surface area contributed by atoms with Crippen molar-refractivity contribution in [2.45, 2.75) is 17.9 Å². The fourth-order valence-electron chi connectivity index (χ4n) is 3.47. The molecule has 3 N–H and O–H groups in total. The first-order valence-electron chi connectivity index (χ1n) is 9.92. The SMILES string of the molecule is NS(=O)(=O)c1ccc(Br)c(C(=O)NCCCN2CCN(Cc3ccccc3)CC2)c1. The van der Waals surface area contributed by atoms with E-state index in [0.717, 1.165) is 45.7 Å². The van der Waals surface area contributed by atoms with Crippen LogP contribution in [0.4, 0.5) is 0 Å². The van der Waals surface area contributed by atoms with Crippen molar-refractivity contribution in [1.82, 2.24) is 15.1 Å². The number of sulfonamides is 1. The van der Waals surface area contributed by atoms with Gasteiger partial charge in [0.15, 0.2) is 0 Å². The number of nitrogens with one attached hydrogen (secondary N) is 1. The third-order valence-electron chi connectivity index (χ3n) is 5.16. The van der Waals surface area contributed by atoms with Crippen LogP contribution in [0.3, 0.4) is 0 Å². The van der Waals surface area contributed by atoms with E-state index >= 15 is 0 Å². The number of piperazine rings is 1. The van der Waals surface area contributed by atoms with Crippen LogP contribution in [0.25, 0.3) is 0 Å². The Morgan fingerprint density at radius 3 is 2.37 bits per heavy atom. The summed E-state index contributed by atoms with van der Waals surface area (Å²) in [4.78, 5) is 17.2. The Hall–Kier alpha value is -1.78. The van der Waals surface area contributed by atoms with Crippen LogP contribution < -0.4 is 10.5 Å². The first-order chi connectivity index (χ1) is 14.3. The van der Waals surface area contributed by atoms with Gasteiger partial charge in [0, 0.05) is 43.7 Å². The Bertz CT molecular complexity index is 961. The van der Waals surface area contributed by atoms with Gasteiger partial charge in [-0.05, 0) is 52.7 Å². The predicted molar refractivity (Wildman–Crippen MR) is 121 cm³/mol. The molecule has 1 aliphatic heterocycles. The molecule has 0 unspecified atom stereocenters. The van der Waals surface area contributed by atoms with Crippen LogP contribution in [0.1, 0.15) is 22.3 Å². The van der Waals surface area contributed by atoms with E-state index in [0.29, 0.717) is 11.0 Å². The van der Waals surface area contributed by atoms with Gasteiger partial charge in [-0.3, -0.25) is 9.69 Å². The molecule has 162 valence electrons. The maximum atomic E-state index is 12.4. The molecular weight excluding hydrogens is 468 g/mol. The van der Waals surface area contributed by atoms with Crippen molar-refractivity contribution in [2.75, 3.05) is 39.3 Å². The Morgan fingerprint density at radius 1 is 1.03 bits per heavy atom. The highest BCUT2D eigenvalue weighted by atomic mass is 79.9. The van der Waals surface area contributed by atoms with E-state index < -0.39 is 10.0 Å². The lowest BCUT2D eigenvalue weighted by Gasteiger charge is -2.34. The van der Waals surface area contributed by atoms with E-state index in [1.807, 2.05) is 6.07 Å². The fraction of sp³-hybridized carbons (Fsp3) is 0.381. The van der Waals surface area contributed by atoms with E-state index in [9.17, 15) is 13.2 Å². The lowest BCUT2D eigenvalue weighted by atomic mass is 10.2. The summed E-state index contributed by atoms with van der Waals surface area (Å²) in [6.45, 7) is 6.53. The number of nitrogens with zero attached hydrogens (tertiary/aromatic N) is 2. The van der Waals surface area contributed by atoms with Gasteiger partial charge in [-0.2, -0.15) is 0 Å². The van der Waals surface area contributed by atoms with Crippen molar-refractivity contribution in [2.24, 2.45) is 5.14 Å². The largest absolute Gasteiger partial charge is 0.352 e. The molecule has 1 heterocycles. The highest BCUT2D eigenvalue weighted by Gasteiger charge is 2.18. The summed E-state index contributed by atoms with van der Waals surface area (Å²) >= 11 is 3.29. The molecule has 1 amide bonds. The summed E-state index contributed by atoms with van der Waals surface area (Å²) in [5.41, 5.74) is 1.60. The molecular formula is C21H27BrN4O3S. The first kappa shape index (κ1) is 22.9. The fourth-order valence-corrected chi connectivity index (χ4v) is 4.43. The highest BCUT2D eigenvalue weighted by Crippen LogP contribution is 2.20. The molecule has 2 aromatic rings. The normalized spacial score (nSPS) is 15.8. The van der Waals surface area contributed by atoms with Gasteiger partial charge in [0.2, 0.25) is 10.0 Å². The third kappa shape index (κ3) is 6.61. The molecule has 1 saturated heterocycles. The maximum Gasteiger partial charge on any atom is 0.252 e. The quantitative estimate of drug-likeness (QED) is 0.547. The zero-order valence-electron chi connectivity index (χ0n) is 16.8. The Labute approximate surface area is 186 Å². The minimum atomic E-state index is -3.85. The molecule has 30 heavy (non-hydrogen) atoms. The number of carbonyl (C=O) groups excluding carboxylic acids is 1. The number of nitrogens with two attached hydrogens (primary N) is 1. The summed E-state index contributed by atoms with van der Waals surface area (Å²) in [6, 6.07) is 14.7. The second-order valence-corrected chi connectivity index (χ2v) is 9.82. The molecule has 3 rings (SSSR count). The molecule has 9 heteroatoms. The smallest absolute Gasteiger partial charge is 0.252 e. The second-order valence-electron chi connectivity index (χ2n) is 7.40. The van der Waals surface area contributed by atoms with Crippen molar-refractivity contribution in [3.05, 3.63) is 64.1 Å². The Kier molecular flexibility index (Phi) is 8.01. The molecule has 2 aromatic carbocycles. The topological polar surface area (TPSA) is 95.7 Å². The van der Waals surface area contributed by atoms with Crippen LogP contribution in [-0.2, 0) is 16.6 Å². The van der Waals surface area contributed by atoms with Gasteiger partial charge >= 0.3 is 0 Å². The number of rotatable bonds is 8. The highest BCUT2D eigenvalue weighted by molar-refractivity contribution is 9.10. The average Bonchev–Trinajstić information content (AvgIpc) is 2.72.